The number of nitrogens with zero attached hydrogens (tertiary/aromatic N) is 2. The maximum absolute atomic E-state index is 12.0. The van der Waals surface area contributed by atoms with Crippen molar-refractivity contribution in [1.82, 2.24) is 15.1 Å². The van der Waals surface area contributed by atoms with Crippen LogP contribution in [0.5, 0.6) is 0 Å². The highest BCUT2D eigenvalue weighted by Crippen LogP contribution is 2.03. The van der Waals surface area contributed by atoms with Gasteiger partial charge in [-0.2, -0.15) is 0 Å². The van der Waals surface area contributed by atoms with E-state index in [9.17, 15) is 4.79 Å². The number of benzene rings is 1. The molecule has 0 heterocycles. The molecule has 21 heavy (non-hydrogen) atoms. The number of urea groups is 1. The summed E-state index contributed by atoms with van der Waals surface area (Å²) in [7, 11) is 3.73. The number of aliphatic hydroxyl groups is 1. The van der Waals surface area contributed by atoms with Gasteiger partial charge in [-0.1, -0.05) is 30.3 Å². The molecular weight excluding hydrogens is 266 g/mol. The number of likely N-dealkylation sites (N-methyl/N-ethyl adjacent to an activating group) is 2. The van der Waals surface area contributed by atoms with Crippen molar-refractivity contribution >= 4 is 6.03 Å². The third-order valence-electron chi connectivity index (χ3n) is 3.50. The van der Waals surface area contributed by atoms with E-state index < -0.39 is 0 Å². The molecule has 0 saturated heterocycles. The highest BCUT2D eigenvalue weighted by atomic mass is 16.3. The van der Waals surface area contributed by atoms with Crippen LogP contribution in [0.1, 0.15) is 19.4 Å². The molecule has 118 valence electrons. The number of carbonyl (C=O) groups is 1. The number of aliphatic hydroxyl groups excluding tert-OH is 1. The molecule has 2 N–H and O–H groups in total. The summed E-state index contributed by atoms with van der Waals surface area (Å²) < 4.78 is 0. The standard InChI is InChI=1S/C16H27N3O2/c1-13(17-16(21)19(4)14(2)12-20)10-18(3)11-15-8-6-5-7-9-15/h5-9,13-14,20H,10-12H2,1-4H3,(H,17,21). The topological polar surface area (TPSA) is 55.8 Å². The van der Waals surface area contributed by atoms with Crippen molar-refractivity contribution in [2.24, 2.45) is 0 Å². The second kappa shape index (κ2) is 8.64. The van der Waals surface area contributed by atoms with E-state index in [-0.39, 0.29) is 24.7 Å². The van der Waals surface area contributed by atoms with Crippen LogP contribution in [0.15, 0.2) is 30.3 Å². The van der Waals surface area contributed by atoms with Gasteiger partial charge in [-0.25, -0.2) is 4.79 Å². The summed E-state index contributed by atoms with van der Waals surface area (Å²) in [6.07, 6.45) is 0. The van der Waals surface area contributed by atoms with Gasteiger partial charge in [0, 0.05) is 26.2 Å². The summed E-state index contributed by atoms with van der Waals surface area (Å²) in [4.78, 5) is 15.7. The van der Waals surface area contributed by atoms with Crippen LogP contribution >= 0.6 is 0 Å². The van der Waals surface area contributed by atoms with Gasteiger partial charge in [-0.15, -0.1) is 0 Å². The van der Waals surface area contributed by atoms with Gasteiger partial charge in [0.05, 0.1) is 12.6 Å². The molecule has 0 spiro atoms. The van der Waals surface area contributed by atoms with Gasteiger partial charge in [0.1, 0.15) is 0 Å². The van der Waals surface area contributed by atoms with E-state index in [0.717, 1.165) is 13.1 Å². The van der Waals surface area contributed by atoms with Crippen LogP contribution in [0.3, 0.4) is 0 Å². The van der Waals surface area contributed by atoms with Crippen LogP contribution in [-0.4, -0.2) is 60.3 Å². The van der Waals surface area contributed by atoms with Crippen LogP contribution in [0.25, 0.3) is 0 Å². The summed E-state index contributed by atoms with van der Waals surface area (Å²) in [6.45, 7) is 5.38. The molecule has 0 aliphatic rings. The van der Waals surface area contributed by atoms with Gasteiger partial charge in [-0.05, 0) is 26.5 Å². The van der Waals surface area contributed by atoms with E-state index in [1.807, 2.05) is 39.1 Å². The predicted octanol–water partition coefficient (Wildman–Crippen LogP) is 1.53. The van der Waals surface area contributed by atoms with Crippen LogP contribution in [0.2, 0.25) is 0 Å². The number of nitrogens with one attached hydrogen (secondary N) is 1. The van der Waals surface area contributed by atoms with Crippen LogP contribution in [0.4, 0.5) is 4.79 Å². The molecule has 0 fully saturated rings. The van der Waals surface area contributed by atoms with Gasteiger partial charge in [0.2, 0.25) is 0 Å². The fourth-order valence-electron chi connectivity index (χ4n) is 2.11. The molecule has 1 aromatic carbocycles. The van der Waals surface area contributed by atoms with E-state index >= 15 is 0 Å². The molecule has 0 saturated carbocycles. The molecule has 0 aromatic heterocycles. The first kappa shape index (κ1) is 17.5. The molecule has 2 amide bonds. The van der Waals surface area contributed by atoms with Gasteiger partial charge in [-0.3, -0.25) is 0 Å². The lowest BCUT2D eigenvalue weighted by atomic mass is 10.2. The Bertz CT molecular complexity index is 425. The third-order valence-corrected chi connectivity index (χ3v) is 3.50. The zero-order chi connectivity index (χ0) is 15.8. The predicted molar refractivity (Wildman–Crippen MR) is 85.1 cm³/mol. The SMILES string of the molecule is CC(CN(C)Cc1ccccc1)NC(=O)N(C)C(C)CO. The molecule has 1 aromatic rings. The van der Waals surface area contributed by atoms with E-state index in [2.05, 4.69) is 22.3 Å². The van der Waals surface area contributed by atoms with E-state index in [1.54, 1.807) is 7.05 Å². The minimum absolute atomic E-state index is 0.0355. The first-order chi connectivity index (χ1) is 9.93. The van der Waals surface area contributed by atoms with E-state index in [4.69, 9.17) is 5.11 Å². The normalized spacial score (nSPS) is 13.8. The summed E-state index contributed by atoms with van der Waals surface area (Å²) in [5.74, 6) is 0. The molecule has 2 atom stereocenters. The van der Waals surface area contributed by atoms with Crippen molar-refractivity contribution in [3.63, 3.8) is 0 Å². The summed E-state index contributed by atoms with van der Waals surface area (Å²) in [5, 5.41) is 12.0. The maximum Gasteiger partial charge on any atom is 0.317 e. The average Bonchev–Trinajstić information content (AvgIpc) is 2.46. The largest absolute Gasteiger partial charge is 0.394 e. The van der Waals surface area contributed by atoms with Crippen LogP contribution in [-0.2, 0) is 6.54 Å². The number of rotatable bonds is 7. The van der Waals surface area contributed by atoms with E-state index in [1.165, 1.54) is 10.5 Å². The fourth-order valence-corrected chi connectivity index (χ4v) is 2.11. The Kier molecular flexibility index (Phi) is 7.19. The van der Waals surface area contributed by atoms with Crippen LogP contribution < -0.4 is 5.32 Å². The summed E-state index contributed by atoms with van der Waals surface area (Å²) in [5.41, 5.74) is 1.25. The molecule has 0 bridgehead atoms. The lowest BCUT2D eigenvalue weighted by molar-refractivity contribution is 0.153. The number of hydrogen-bond donors (Lipinski definition) is 2. The number of amides is 2. The average molecular weight is 293 g/mol. The summed E-state index contributed by atoms with van der Waals surface area (Å²) in [6, 6.07) is 9.95. The maximum atomic E-state index is 12.0. The Labute approximate surface area is 127 Å². The van der Waals surface area contributed by atoms with E-state index in [0.29, 0.717) is 0 Å². The lowest BCUT2D eigenvalue weighted by Gasteiger charge is -2.27. The molecule has 0 aliphatic carbocycles. The second-order valence-electron chi connectivity index (χ2n) is 5.68. The Morgan fingerprint density at radius 3 is 2.43 bits per heavy atom. The van der Waals surface area contributed by atoms with Crippen molar-refractivity contribution in [3.8, 4) is 0 Å². The number of carbonyl (C=O) groups excluding carboxylic acids is 1. The van der Waals surface area contributed by atoms with Gasteiger partial charge >= 0.3 is 6.03 Å². The van der Waals surface area contributed by atoms with Crippen molar-refractivity contribution < 1.29 is 9.90 Å². The molecule has 2 unspecified atom stereocenters. The second-order valence-corrected chi connectivity index (χ2v) is 5.68. The van der Waals surface area contributed by atoms with Crippen molar-refractivity contribution in [1.29, 1.82) is 0 Å². The molecule has 5 nitrogen and oxygen atoms in total. The third kappa shape index (κ3) is 6.14. The first-order valence-corrected chi connectivity index (χ1v) is 7.30. The van der Waals surface area contributed by atoms with Gasteiger partial charge in [0.25, 0.3) is 0 Å². The Morgan fingerprint density at radius 1 is 1.24 bits per heavy atom. The zero-order valence-electron chi connectivity index (χ0n) is 13.4. The molecule has 5 heteroatoms. The molecular formula is C16H27N3O2. The highest BCUT2D eigenvalue weighted by Gasteiger charge is 2.17. The molecule has 0 aliphatic heterocycles. The zero-order valence-corrected chi connectivity index (χ0v) is 13.4. The minimum atomic E-state index is -0.181. The fraction of sp³-hybridized carbons (Fsp3) is 0.562. The Balaban J connectivity index is 2.39. The van der Waals surface area contributed by atoms with Gasteiger partial charge < -0.3 is 20.2 Å². The Hall–Kier alpha value is -1.59. The van der Waals surface area contributed by atoms with Crippen LogP contribution in [0, 0.1) is 0 Å². The lowest BCUT2D eigenvalue weighted by Crippen LogP contribution is -2.49. The van der Waals surface area contributed by atoms with Crippen molar-refractivity contribution in [2.45, 2.75) is 32.5 Å². The highest BCUT2D eigenvalue weighted by molar-refractivity contribution is 5.74. The minimum Gasteiger partial charge on any atom is -0.394 e. The summed E-state index contributed by atoms with van der Waals surface area (Å²) >= 11 is 0. The first-order valence-electron chi connectivity index (χ1n) is 7.30. The molecule has 1 rings (SSSR count). The quantitative estimate of drug-likeness (QED) is 0.801. The van der Waals surface area contributed by atoms with Crippen molar-refractivity contribution in [3.05, 3.63) is 35.9 Å². The van der Waals surface area contributed by atoms with Crippen molar-refractivity contribution in [2.75, 3.05) is 27.2 Å². The Morgan fingerprint density at radius 2 is 1.86 bits per heavy atom. The van der Waals surface area contributed by atoms with Gasteiger partial charge in [0.15, 0.2) is 0 Å². The monoisotopic (exact) mass is 293 g/mol. The number of hydrogen-bond acceptors (Lipinski definition) is 3. The molecule has 0 radical (unpaired) electrons. The smallest absolute Gasteiger partial charge is 0.317 e.